The zero-order valence-electron chi connectivity index (χ0n) is 11.5. The first-order valence-electron chi connectivity index (χ1n) is 7.11. The van der Waals surface area contributed by atoms with Gasteiger partial charge in [0, 0.05) is 6.04 Å². The molecule has 1 aliphatic carbocycles. The highest BCUT2D eigenvalue weighted by molar-refractivity contribution is 5.40. The Morgan fingerprint density at radius 1 is 1.11 bits per heavy atom. The van der Waals surface area contributed by atoms with Crippen LogP contribution < -0.4 is 5.73 Å². The molecule has 0 aliphatic heterocycles. The van der Waals surface area contributed by atoms with Crippen molar-refractivity contribution in [1.29, 1.82) is 0 Å². The summed E-state index contributed by atoms with van der Waals surface area (Å²) >= 11 is 0. The van der Waals surface area contributed by atoms with E-state index in [9.17, 15) is 0 Å². The topological polar surface area (TPSA) is 26.0 Å². The smallest absolute Gasteiger partial charge is 0.00852 e. The third-order valence-electron chi connectivity index (χ3n) is 4.17. The second kappa shape index (κ2) is 5.18. The van der Waals surface area contributed by atoms with Crippen molar-refractivity contribution in [3.05, 3.63) is 70.8 Å². The molecule has 2 atom stereocenters. The number of fused-ring (bicyclic) bond motifs is 1. The average Bonchev–Trinajstić information content (AvgIpc) is 2.39. The van der Waals surface area contributed by atoms with Crippen LogP contribution >= 0.6 is 0 Å². The lowest BCUT2D eigenvalue weighted by atomic mass is 9.74. The fraction of sp³-hybridized carbons (Fsp3) is 0.333. The Morgan fingerprint density at radius 2 is 1.84 bits per heavy atom. The molecule has 2 unspecified atom stereocenters. The van der Waals surface area contributed by atoms with Crippen LogP contribution in [0, 0.1) is 6.92 Å². The monoisotopic (exact) mass is 251 g/mol. The van der Waals surface area contributed by atoms with E-state index in [1.165, 1.54) is 28.7 Å². The SMILES string of the molecule is Cc1ccc(CC(N)CC2Cc3ccccc32)cc1. The Hall–Kier alpha value is -1.60. The molecule has 1 aliphatic rings. The lowest BCUT2D eigenvalue weighted by molar-refractivity contribution is 0.484. The van der Waals surface area contributed by atoms with E-state index in [1.54, 1.807) is 0 Å². The molecule has 2 N–H and O–H groups in total. The number of hydrogen-bond donors (Lipinski definition) is 1. The van der Waals surface area contributed by atoms with Gasteiger partial charge in [-0.3, -0.25) is 0 Å². The van der Waals surface area contributed by atoms with E-state index in [1.807, 2.05) is 0 Å². The Morgan fingerprint density at radius 3 is 2.58 bits per heavy atom. The van der Waals surface area contributed by atoms with Gasteiger partial charge in [0.05, 0.1) is 0 Å². The second-order valence-electron chi connectivity index (χ2n) is 5.79. The van der Waals surface area contributed by atoms with Crippen LogP contribution in [0.2, 0.25) is 0 Å². The summed E-state index contributed by atoms with van der Waals surface area (Å²) in [7, 11) is 0. The molecular weight excluding hydrogens is 230 g/mol. The van der Waals surface area contributed by atoms with Crippen LogP contribution in [-0.2, 0) is 12.8 Å². The second-order valence-corrected chi connectivity index (χ2v) is 5.79. The summed E-state index contributed by atoms with van der Waals surface area (Å²) in [6, 6.07) is 17.7. The maximum atomic E-state index is 6.31. The van der Waals surface area contributed by atoms with Crippen molar-refractivity contribution in [2.75, 3.05) is 0 Å². The zero-order valence-corrected chi connectivity index (χ0v) is 11.5. The highest BCUT2D eigenvalue weighted by Gasteiger charge is 2.26. The van der Waals surface area contributed by atoms with Crippen molar-refractivity contribution >= 4 is 0 Å². The van der Waals surface area contributed by atoms with E-state index < -0.39 is 0 Å². The summed E-state index contributed by atoms with van der Waals surface area (Å²) in [5.74, 6) is 0.677. The van der Waals surface area contributed by atoms with Crippen molar-refractivity contribution < 1.29 is 0 Å². The first-order chi connectivity index (χ1) is 9.22. The molecule has 1 nitrogen and oxygen atoms in total. The quantitative estimate of drug-likeness (QED) is 0.883. The van der Waals surface area contributed by atoms with Gasteiger partial charge in [0.15, 0.2) is 0 Å². The lowest BCUT2D eigenvalue weighted by Gasteiger charge is -2.32. The van der Waals surface area contributed by atoms with Crippen LogP contribution in [-0.4, -0.2) is 6.04 Å². The van der Waals surface area contributed by atoms with Crippen LogP contribution in [0.3, 0.4) is 0 Å². The van der Waals surface area contributed by atoms with Gasteiger partial charge in [0.1, 0.15) is 0 Å². The minimum atomic E-state index is 0.265. The normalized spacial score (nSPS) is 18.5. The van der Waals surface area contributed by atoms with Gasteiger partial charge in [-0.15, -0.1) is 0 Å². The summed E-state index contributed by atoms with van der Waals surface area (Å²) in [4.78, 5) is 0. The first-order valence-corrected chi connectivity index (χ1v) is 7.11. The molecule has 0 fully saturated rings. The summed E-state index contributed by atoms with van der Waals surface area (Å²) in [5, 5.41) is 0. The fourth-order valence-corrected chi connectivity index (χ4v) is 3.05. The zero-order chi connectivity index (χ0) is 13.2. The molecular formula is C18H21N. The Kier molecular flexibility index (Phi) is 3.39. The molecule has 0 amide bonds. The molecule has 0 radical (unpaired) electrons. The maximum Gasteiger partial charge on any atom is 0.00852 e. The van der Waals surface area contributed by atoms with Crippen LogP contribution in [0.5, 0.6) is 0 Å². The van der Waals surface area contributed by atoms with Crippen LogP contribution in [0.4, 0.5) is 0 Å². The molecule has 98 valence electrons. The number of aryl methyl sites for hydroxylation is 1. The summed E-state index contributed by atoms with van der Waals surface area (Å²) in [6.07, 6.45) is 3.29. The highest BCUT2D eigenvalue weighted by Crippen LogP contribution is 2.37. The average molecular weight is 251 g/mol. The van der Waals surface area contributed by atoms with E-state index in [0.717, 1.165) is 12.8 Å². The summed E-state index contributed by atoms with van der Waals surface area (Å²) in [6.45, 7) is 2.12. The van der Waals surface area contributed by atoms with Gasteiger partial charge in [-0.05, 0) is 48.8 Å². The third kappa shape index (κ3) is 2.71. The minimum absolute atomic E-state index is 0.265. The van der Waals surface area contributed by atoms with Gasteiger partial charge in [-0.1, -0.05) is 54.1 Å². The molecule has 0 spiro atoms. The molecule has 19 heavy (non-hydrogen) atoms. The Bertz CT molecular complexity index is 556. The molecule has 0 bridgehead atoms. The number of rotatable bonds is 4. The van der Waals surface area contributed by atoms with Crippen molar-refractivity contribution in [2.24, 2.45) is 5.73 Å². The van der Waals surface area contributed by atoms with Crippen LogP contribution in [0.15, 0.2) is 48.5 Å². The van der Waals surface area contributed by atoms with Gasteiger partial charge in [-0.2, -0.15) is 0 Å². The molecule has 2 aromatic carbocycles. The van der Waals surface area contributed by atoms with Gasteiger partial charge in [-0.25, -0.2) is 0 Å². The van der Waals surface area contributed by atoms with Crippen LogP contribution in [0.25, 0.3) is 0 Å². The molecule has 0 aromatic heterocycles. The minimum Gasteiger partial charge on any atom is -0.327 e. The fourth-order valence-electron chi connectivity index (χ4n) is 3.05. The first kappa shape index (κ1) is 12.4. The molecule has 3 rings (SSSR count). The van der Waals surface area contributed by atoms with Crippen molar-refractivity contribution in [3.63, 3.8) is 0 Å². The van der Waals surface area contributed by atoms with E-state index in [4.69, 9.17) is 5.73 Å². The predicted octanol–water partition coefficient (Wildman–Crippen LogP) is 3.59. The number of nitrogens with two attached hydrogens (primary N) is 1. The standard InChI is InChI=1S/C18H21N/c1-13-6-8-14(9-7-13)10-17(19)12-16-11-15-4-2-3-5-18(15)16/h2-9,16-17H,10-12,19H2,1H3. The van der Waals surface area contributed by atoms with E-state index in [2.05, 4.69) is 55.5 Å². The number of hydrogen-bond acceptors (Lipinski definition) is 1. The van der Waals surface area contributed by atoms with Gasteiger partial charge in [0.2, 0.25) is 0 Å². The van der Waals surface area contributed by atoms with Gasteiger partial charge < -0.3 is 5.73 Å². The van der Waals surface area contributed by atoms with E-state index >= 15 is 0 Å². The largest absolute Gasteiger partial charge is 0.327 e. The summed E-state index contributed by atoms with van der Waals surface area (Å²) in [5.41, 5.74) is 12.0. The van der Waals surface area contributed by atoms with E-state index in [-0.39, 0.29) is 6.04 Å². The summed E-state index contributed by atoms with van der Waals surface area (Å²) < 4.78 is 0. The molecule has 2 aromatic rings. The maximum absolute atomic E-state index is 6.31. The predicted molar refractivity (Wildman–Crippen MR) is 80.4 cm³/mol. The van der Waals surface area contributed by atoms with Crippen molar-refractivity contribution in [1.82, 2.24) is 0 Å². The van der Waals surface area contributed by atoms with Crippen molar-refractivity contribution in [3.8, 4) is 0 Å². The van der Waals surface area contributed by atoms with E-state index in [0.29, 0.717) is 5.92 Å². The number of benzene rings is 2. The molecule has 1 heteroatoms. The van der Waals surface area contributed by atoms with Crippen LogP contribution in [0.1, 0.15) is 34.6 Å². The van der Waals surface area contributed by atoms with Gasteiger partial charge >= 0.3 is 0 Å². The van der Waals surface area contributed by atoms with Crippen molar-refractivity contribution in [2.45, 2.75) is 38.1 Å². The lowest BCUT2D eigenvalue weighted by Crippen LogP contribution is -2.29. The Balaban J connectivity index is 1.58. The Labute approximate surface area is 115 Å². The third-order valence-corrected chi connectivity index (χ3v) is 4.17. The molecule has 0 heterocycles. The molecule has 0 saturated carbocycles. The van der Waals surface area contributed by atoms with Gasteiger partial charge in [0.25, 0.3) is 0 Å². The molecule has 0 saturated heterocycles. The highest BCUT2D eigenvalue weighted by atomic mass is 14.6.